The van der Waals surface area contributed by atoms with E-state index in [-0.39, 0.29) is 5.91 Å². The number of likely N-dealkylation sites (tertiary alicyclic amines) is 1. The van der Waals surface area contributed by atoms with Gasteiger partial charge in [0.1, 0.15) is 5.69 Å². The number of amides is 1. The minimum atomic E-state index is 0.0897. The summed E-state index contributed by atoms with van der Waals surface area (Å²) in [4.78, 5) is 13.9. The molecule has 1 atom stereocenters. The van der Waals surface area contributed by atoms with Crippen LogP contribution in [0.15, 0.2) is 12.3 Å². The lowest BCUT2D eigenvalue weighted by Crippen LogP contribution is -2.35. The molecule has 0 spiro atoms. The molecule has 1 aliphatic heterocycles. The number of aromatic amines is 1. The van der Waals surface area contributed by atoms with Gasteiger partial charge in [0.05, 0.1) is 0 Å². The molecule has 1 saturated heterocycles. The van der Waals surface area contributed by atoms with E-state index in [4.69, 9.17) is 0 Å². The first kappa shape index (κ1) is 9.24. The topological polar surface area (TPSA) is 49.0 Å². The molecule has 1 amide bonds. The maximum atomic E-state index is 11.9. The Morgan fingerprint density at radius 2 is 2.64 bits per heavy atom. The van der Waals surface area contributed by atoms with Crippen molar-refractivity contribution in [1.82, 2.24) is 15.1 Å². The van der Waals surface area contributed by atoms with E-state index in [1.165, 1.54) is 0 Å². The zero-order valence-electron chi connectivity index (χ0n) is 8.36. The second-order valence-corrected chi connectivity index (χ2v) is 3.67. The van der Waals surface area contributed by atoms with E-state index in [9.17, 15) is 4.79 Å². The van der Waals surface area contributed by atoms with Crippen molar-refractivity contribution in [2.75, 3.05) is 6.54 Å². The Bertz CT molecular complexity index is 307. The van der Waals surface area contributed by atoms with Crippen molar-refractivity contribution in [2.45, 2.75) is 32.2 Å². The molecule has 2 heterocycles. The lowest BCUT2D eigenvalue weighted by Gasteiger charge is -2.22. The van der Waals surface area contributed by atoms with Crippen LogP contribution in [0.25, 0.3) is 0 Å². The molecule has 0 bridgehead atoms. The third-order valence-corrected chi connectivity index (χ3v) is 2.84. The molecule has 0 saturated carbocycles. The summed E-state index contributed by atoms with van der Waals surface area (Å²) in [6, 6.07) is 2.15. The normalized spacial score (nSPS) is 21.5. The molecule has 1 N–H and O–H groups in total. The Morgan fingerprint density at radius 3 is 3.29 bits per heavy atom. The summed E-state index contributed by atoms with van der Waals surface area (Å²) >= 11 is 0. The largest absolute Gasteiger partial charge is 0.334 e. The van der Waals surface area contributed by atoms with Crippen LogP contribution in [-0.4, -0.2) is 33.6 Å². The van der Waals surface area contributed by atoms with Gasteiger partial charge in [0, 0.05) is 18.8 Å². The SMILES string of the molecule is CC[C@@H]1CCCN1C(=O)c1ccn[nH]1. The Balaban J connectivity index is 2.11. The van der Waals surface area contributed by atoms with E-state index in [0.717, 1.165) is 25.8 Å². The van der Waals surface area contributed by atoms with Crippen LogP contribution in [0, 0.1) is 0 Å². The zero-order chi connectivity index (χ0) is 9.97. The Kier molecular flexibility index (Phi) is 2.52. The molecule has 1 aromatic rings. The van der Waals surface area contributed by atoms with Gasteiger partial charge in [0.15, 0.2) is 0 Å². The molecular weight excluding hydrogens is 178 g/mol. The van der Waals surface area contributed by atoms with E-state index in [1.807, 2.05) is 4.90 Å². The lowest BCUT2D eigenvalue weighted by atomic mass is 10.1. The predicted octanol–water partition coefficient (Wildman–Crippen LogP) is 1.42. The average Bonchev–Trinajstić information content (AvgIpc) is 2.87. The second-order valence-electron chi connectivity index (χ2n) is 3.67. The van der Waals surface area contributed by atoms with Crippen LogP contribution >= 0.6 is 0 Å². The van der Waals surface area contributed by atoms with Crippen LogP contribution in [0.1, 0.15) is 36.7 Å². The van der Waals surface area contributed by atoms with E-state index in [1.54, 1.807) is 12.3 Å². The first-order valence-corrected chi connectivity index (χ1v) is 5.13. The summed E-state index contributed by atoms with van der Waals surface area (Å²) in [6.07, 6.45) is 4.92. The Morgan fingerprint density at radius 1 is 1.79 bits per heavy atom. The summed E-state index contributed by atoms with van der Waals surface area (Å²) in [5.74, 6) is 0.0897. The average molecular weight is 193 g/mol. The van der Waals surface area contributed by atoms with Gasteiger partial charge in [0.25, 0.3) is 5.91 Å². The Labute approximate surface area is 83.3 Å². The van der Waals surface area contributed by atoms with Crippen molar-refractivity contribution in [3.63, 3.8) is 0 Å². The van der Waals surface area contributed by atoms with Crippen molar-refractivity contribution in [1.29, 1.82) is 0 Å². The van der Waals surface area contributed by atoms with Crippen molar-refractivity contribution in [3.05, 3.63) is 18.0 Å². The van der Waals surface area contributed by atoms with Crippen molar-refractivity contribution < 1.29 is 4.79 Å². The van der Waals surface area contributed by atoms with E-state index in [0.29, 0.717) is 11.7 Å². The van der Waals surface area contributed by atoms with Crippen LogP contribution in [0.3, 0.4) is 0 Å². The van der Waals surface area contributed by atoms with Gasteiger partial charge in [-0.1, -0.05) is 6.92 Å². The molecule has 1 fully saturated rings. The summed E-state index contributed by atoms with van der Waals surface area (Å²) < 4.78 is 0. The van der Waals surface area contributed by atoms with Gasteiger partial charge in [-0.2, -0.15) is 5.10 Å². The van der Waals surface area contributed by atoms with Crippen LogP contribution in [0.4, 0.5) is 0 Å². The molecule has 0 aromatic carbocycles. The van der Waals surface area contributed by atoms with Crippen molar-refractivity contribution in [3.8, 4) is 0 Å². The van der Waals surface area contributed by atoms with Crippen LogP contribution < -0.4 is 0 Å². The van der Waals surface area contributed by atoms with Crippen molar-refractivity contribution in [2.24, 2.45) is 0 Å². The summed E-state index contributed by atoms with van der Waals surface area (Å²) in [6.45, 7) is 3.01. The Hall–Kier alpha value is -1.32. The maximum absolute atomic E-state index is 11.9. The number of hydrogen-bond donors (Lipinski definition) is 1. The van der Waals surface area contributed by atoms with E-state index < -0.39 is 0 Å². The summed E-state index contributed by atoms with van der Waals surface area (Å²) in [7, 11) is 0. The zero-order valence-corrected chi connectivity index (χ0v) is 8.36. The second kappa shape index (κ2) is 3.82. The quantitative estimate of drug-likeness (QED) is 0.772. The highest BCUT2D eigenvalue weighted by molar-refractivity contribution is 5.92. The van der Waals surface area contributed by atoms with Gasteiger partial charge in [-0.25, -0.2) is 0 Å². The van der Waals surface area contributed by atoms with Gasteiger partial charge in [-0.05, 0) is 25.3 Å². The molecule has 1 aromatic heterocycles. The highest BCUT2D eigenvalue weighted by atomic mass is 16.2. The molecule has 14 heavy (non-hydrogen) atoms. The fourth-order valence-corrected chi connectivity index (χ4v) is 2.06. The molecule has 1 aliphatic rings. The number of nitrogens with zero attached hydrogens (tertiary/aromatic N) is 2. The van der Waals surface area contributed by atoms with E-state index >= 15 is 0 Å². The highest BCUT2D eigenvalue weighted by Gasteiger charge is 2.28. The first-order valence-electron chi connectivity index (χ1n) is 5.13. The maximum Gasteiger partial charge on any atom is 0.272 e. The minimum absolute atomic E-state index is 0.0897. The van der Waals surface area contributed by atoms with E-state index in [2.05, 4.69) is 17.1 Å². The number of carbonyl (C=O) groups is 1. The molecule has 76 valence electrons. The van der Waals surface area contributed by atoms with Crippen LogP contribution in [0.2, 0.25) is 0 Å². The number of H-pyrrole nitrogens is 1. The van der Waals surface area contributed by atoms with Gasteiger partial charge >= 0.3 is 0 Å². The number of nitrogens with one attached hydrogen (secondary N) is 1. The molecule has 0 aliphatic carbocycles. The first-order chi connectivity index (χ1) is 6.83. The molecule has 0 unspecified atom stereocenters. The third kappa shape index (κ3) is 1.52. The number of aromatic nitrogens is 2. The fourth-order valence-electron chi connectivity index (χ4n) is 2.06. The summed E-state index contributed by atoms with van der Waals surface area (Å²) in [5, 5.41) is 6.51. The molecule has 4 heteroatoms. The van der Waals surface area contributed by atoms with Gasteiger partial charge in [-0.15, -0.1) is 0 Å². The number of carbonyl (C=O) groups excluding carboxylic acids is 1. The monoisotopic (exact) mass is 193 g/mol. The summed E-state index contributed by atoms with van der Waals surface area (Å²) in [5.41, 5.74) is 0.602. The number of hydrogen-bond acceptors (Lipinski definition) is 2. The fraction of sp³-hybridized carbons (Fsp3) is 0.600. The van der Waals surface area contributed by atoms with Gasteiger partial charge < -0.3 is 4.90 Å². The third-order valence-electron chi connectivity index (χ3n) is 2.84. The van der Waals surface area contributed by atoms with Crippen molar-refractivity contribution >= 4 is 5.91 Å². The predicted molar refractivity (Wildman–Crippen MR) is 52.9 cm³/mol. The standard InChI is InChI=1S/C10H15N3O/c1-2-8-4-3-7-13(8)10(14)9-5-6-11-12-9/h5-6,8H,2-4,7H2,1H3,(H,11,12)/t8-/m1/s1. The van der Waals surface area contributed by atoms with Crippen LogP contribution in [-0.2, 0) is 0 Å². The molecule has 2 rings (SSSR count). The van der Waals surface area contributed by atoms with Crippen LogP contribution in [0.5, 0.6) is 0 Å². The molecule has 4 nitrogen and oxygen atoms in total. The molecular formula is C10H15N3O. The van der Waals surface area contributed by atoms with Gasteiger partial charge in [-0.3, -0.25) is 9.89 Å². The lowest BCUT2D eigenvalue weighted by molar-refractivity contribution is 0.0727. The molecule has 0 radical (unpaired) electrons. The smallest absolute Gasteiger partial charge is 0.272 e. The van der Waals surface area contributed by atoms with Gasteiger partial charge in [0.2, 0.25) is 0 Å². The minimum Gasteiger partial charge on any atom is -0.334 e. The highest BCUT2D eigenvalue weighted by Crippen LogP contribution is 2.21. The number of rotatable bonds is 2.